The van der Waals surface area contributed by atoms with Crippen LogP contribution >= 0.6 is 0 Å². The molecule has 2 aromatic rings. The summed E-state index contributed by atoms with van der Waals surface area (Å²) in [6.45, 7) is 0. The van der Waals surface area contributed by atoms with Gasteiger partial charge >= 0.3 is 5.69 Å². The molecule has 0 aliphatic carbocycles. The topological polar surface area (TPSA) is 115 Å². The largest absolute Gasteiger partial charge is 0.368 e. The number of carbonyl (C=O) groups is 2. The Labute approximate surface area is 140 Å². The number of hydrogen-bond acceptors (Lipinski definition) is 4. The average molecular weight is 349 g/mol. The molecule has 0 saturated heterocycles. The third kappa shape index (κ3) is 4.56. The van der Waals surface area contributed by atoms with Gasteiger partial charge in [0.2, 0.25) is 11.7 Å². The van der Waals surface area contributed by atoms with Crippen molar-refractivity contribution in [3.8, 4) is 0 Å². The molecule has 0 radical (unpaired) electrons. The first-order chi connectivity index (χ1) is 11.8. The Morgan fingerprint density at radius 2 is 1.80 bits per heavy atom. The maximum Gasteiger partial charge on any atom is 0.305 e. The van der Waals surface area contributed by atoms with E-state index in [4.69, 9.17) is 5.73 Å². The lowest BCUT2D eigenvalue weighted by Gasteiger charge is -2.15. The summed E-state index contributed by atoms with van der Waals surface area (Å²) < 4.78 is 26.2. The number of amides is 2. The maximum atomic E-state index is 13.3. The molecule has 0 spiro atoms. The molecule has 2 rings (SSSR count). The predicted octanol–water partition coefficient (Wildman–Crippen LogP) is 1.70. The lowest BCUT2D eigenvalue weighted by molar-refractivity contribution is -0.387. The van der Waals surface area contributed by atoms with E-state index < -0.39 is 40.1 Å². The highest BCUT2D eigenvalue weighted by molar-refractivity contribution is 5.97. The molecule has 3 N–H and O–H groups in total. The van der Waals surface area contributed by atoms with Crippen molar-refractivity contribution in [2.45, 2.75) is 12.5 Å². The summed E-state index contributed by atoms with van der Waals surface area (Å²) in [5.74, 6) is -3.08. The summed E-state index contributed by atoms with van der Waals surface area (Å²) in [6, 6.07) is 6.55. The van der Waals surface area contributed by atoms with Gasteiger partial charge in [-0.1, -0.05) is 6.07 Å². The fraction of sp³-hybridized carbons (Fsp3) is 0.125. The Morgan fingerprint density at radius 1 is 1.16 bits per heavy atom. The second-order valence-corrected chi connectivity index (χ2v) is 5.18. The number of hydrogen-bond donors (Lipinski definition) is 2. The van der Waals surface area contributed by atoms with Crippen molar-refractivity contribution in [1.82, 2.24) is 5.32 Å². The number of nitrogens with one attached hydrogen (secondary N) is 1. The van der Waals surface area contributed by atoms with Crippen LogP contribution in [-0.4, -0.2) is 22.8 Å². The molecule has 0 saturated carbocycles. The van der Waals surface area contributed by atoms with E-state index >= 15 is 0 Å². The van der Waals surface area contributed by atoms with Gasteiger partial charge in [0, 0.05) is 18.1 Å². The fourth-order valence-corrected chi connectivity index (χ4v) is 2.13. The Hall–Kier alpha value is -3.36. The number of benzene rings is 2. The molecule has 0 heterocycles. The molecule has 2 aromatic carbocycles. The fourth-order valence-electron chi connectivity index (χ4n) is 2.13. The van der Waals surface area contributed by atoms with Crippen LogP contribution in [0.5, 0.6) is 0 Å². The number of nitro benzene ring substituents is 1. The van der Waals surface area contributed by atoms with Gasteiger partial charge in [-0.15, -0.1) is 0 Å². The van der Waals surface area contributed by atoms with Crippen LogP contribution in [0.2, 0.25) is 0 Å². The van der Waals surface area contributed by atoms with E-state index in [1.54, 1.807) is 0 Å². The first-order valence-electron chi connectivity index (χ1n) is 7.06. The van der Waals surface area contributed by atoms with Crippen LogP contribution in [0.15, 0.2) is 42.5 Å². The minimum absolute atomic E-state index is 0.109. The van der Waals surface area contributed by atoms with Crippen molar-refractivity contribution >= 4 is 17.5 Å². The average Bonchev–Trinajstić information content (AvgIpc) is 2.56. The summed E-state index contributed by atoms with van der Waals surface area (Å²) in [5.41, 5.74) is 4.85. The van der Waals surface area contributed by atoms with Crippen LogP contribution in [0.1, 0.15) is 15.9 Å². The molecule has 25 heavy (non-hydrogen) atoms. The highest BCUT2D eigenvalue weighted by atomic mass is 19.1. The highest BCUT2D eigenvalue weighted by Crippen LogP contribution is 2.19. The van der Waals surface area contributed by atoms with Crippen LogP contribution in [-0.2, 0) is 11.2 Å². The van der Waals surface area contributed by atoms with Crippen LogP contribution in [0, 0.1) is 21.7 Å². The van der Waals surface area contributed by atoms with E-state index in [9.17, 15) is 28.5 Å². The first kappa shape index (κ1) is 18.0. The third-order valence-corrected chi connectivity index (χ3v) is 3.40. The van der Waals surface area contributed by atoms with E-state index in [-0.39, 0.29) is 17.5 Å². The predicted molar refractivity (Wildman–Crippen MR) is 83.6 cm³/mol. The zero-order valence-electron chi connectivity index (χ0n) is 12.7. The molecule has 130 valence electrons. The lowest BCUT2D eigenvalue weighted by Crippen LogP contribution is -2.45. The Morgan fingerprint density at radius 3 is 2.36 bits per heavy atom. The van der Waals surface area contributed by atoms with Crippen molar-refractivity contribution in [2.75, 3.05) is 0 Å². The van der Waals surface area contributed by atoms with Gasteiger partial charge in [0.1, 0.15) is 11.9 Å². The van der Waals surface area contributed by atoms with Crippen LogP contribution in [0.4, 0.5) is 14.5 Å². The zero-order valence-corrected chi connectivity index (χ0v) is 12.7. The zero-order chi connectivity index (χ0) is 18.6. The molecule has 1 atom stereocenters. The van der Waals surface area contributed by atoms with Gasteiger partial charge < -0.3 is 11.1 Å². The number of nitrogens with zero attached hydrogens (tertiary/aromatic N) is 1. The molecule has 0 aliphatic heterocycles. The van der Waals surface area contributed by atoms with Gasteiger partial charge in [-0.3, -0.25) is 19.7 Å². The second-order valence-electron chi connectivity index (χ2n) is 5.18. The van der Waals surface area contributed by atoms with E-state index in [1.165, 1.54) is 18.2 Å². The van der Waals surface area contributed by atoms with Crippen LogP contribution < -0.4 is 11.1 Å². The number of primary amides is 1. The summed E-state index contributed by atoms with van der Waals surface area (Å²) in [4.78, 5) is 33.5. The van der Waals surface area contributed by atoms with Crippen molar-refractivity contribution in [3.05, 3.63) is 75.3 Å². The number of carbonyl (C=O) groups excluding carboxylic acids is 2. The van der Waals surface area contributed by atoms with Crippen LogP contribution in [0.3, 0.4) is 0 Å². The minimum Gasteiger partial charge on any atom is -0.368 e. The molecule has 0 aliphatic rings. The van der Waals surface area contributed by atoms with Crippen molar-refractivity contribution in [3.63, 3.8) is 0 Å². The van der Waals surface area contributed by atoms with Crippen LogP contribution in [0.25, 0.3) is 0 Å². The lowest BCUT2D eigenvalue weighted by atomic mass is 10.0. The number of nitrogens with two attached hydrogens (primary N) is 1. The standard InChI is InChI=1S/C16H13F2N3O4/c17-11-4-2-10(3-5-11)16(23)20-13(15(19)22)7-9-1-6-12(18)14(8-9)21(24)25/h1-6,8,13H,7H2,(H2,19,22)(H,20,23)/t13-/m0/s1. The molecule has 2 amide bonds. The van der Waals surface area contributed by atoms with E-state index in [2.05, 4.69) is 5.32 Å². The summed E-state index contributed by atoms with van der Waals surface area (Å²) in [7, 11) is 0. The van der Waals surface area contributed by atoms with Crippen molar-refractivity contribution < 1.29 is 23.3 Å². The molecular weight excluding hydrogens is 336 g/mol. The molecule has 0 bridgehead atoms. The van der Waals surface area contributed by atoms with Crippen molar-refractivity contribution in [2.24, 2.45) is 5.73 Å². The molecule has 9 heteroatoms. The Balaban J connectivity index is 2.17. The Bertz CT molecular complexity index is 825. The van der Waals surface area contributed by atoms with Gasteiger partial charge in [-0.2, -0.15) is 4.39 Å². The smallest absolute Gasteiger partial charge is 0.305 e. The van der Waals surface area contributed by atoms with Gasteiger partial charge in [0.05, 0.1) is 4.92 Å². The molecule has 0 aromatic heterocycles. The highest BCUT2D eigenvalue weighted by Gasteiger charge is 2.22. The summed E-state index contributed by atoms with van der Waals surface area (Å²) >= 11 is 0. The van der Waals surface area contributed by atoms with Crippen molar-refractivity contribution in [1.29, 1.82) is 0 Å². The number of nitro groups is 1. The second kappa shape index (κ2) is 7.47. The normalized spacial score (nSPS) is 11.6. The summed E-state index contributed by atoms with van der Waals surface area (Å²) in [5, 5.41) is 13.1. The molecule has 7 nitrogen and oxygen atoms in total. The van der Waals surface area contributed by atoms with Gasteiger partial charge in [-0.25, -0.2) is 4.39 Å². The minimum atomic E-state index is -1.18. The van der Waals surface area contributed by atoms with Gasteiger partial charge in [0.15, 0.2) is 0 Å². The monoisotopic (exact) mass is 349 g/mol. The number of halogens is 2. The third-order valence-electron chi connectivity index (χ3n) is 3.40. The quantitative estimate of drug-likeness (QED) is 0.610. The number of rotatable bonds is 6. The maximum absolute atomic E-state index is 13.3. The molecular formula is C16H13F2N3O4. The van der Waals surface area contributed by atoms with Gasteiger partial charge in [-0.05, 0) is 35.9 Å². The molecule has 0 fully saturated rings. The Kier molecular flexibility index (Phi) is 5.38. The first-order valence-corrected chi connectivity index (χ1v) is 7.06. The summed E-state index contributed by atoms with van der Waals surface area (Å²) in [6.07, 6.45) is -0.163. The van der Waals surface area contributed by atoms with E-state index in [0.717, 1.165) is 24.3 Å². The van der Waals surface area contributed by atoms with Gasteiger partial charge in [0.25, 0.3) is 5.91 Å². The van der Waals surface area contributed by atoms with E-state index in [1.807, 2.05) is 0 Å². The van der Waals surface area contributed by atoms with E-state index in [0.29, 0.717) is 0 Å². The SMILES string of the molecule is NC(=O)[C@H](Cc1ccc(F)c([N+](=O)[O-])c1)NC(=O)c1ccc(F)cc1. The molecule has 0 unspecified atom stereocenters.